The van der Waals surface area contributed by atoms with E-state index >= 15 is 0 Å². The van der Waals surface area contributed by atoms with E-state index in [9.17, 15) is 9.59 Å². The highest BCUT2D eigenvalue weighted by Gasteiger charge is 2.31. The third-order valence-corrected chi connectivity index (χ3v) is 4.86. The molecule has 0 bridgehead atoms. The Bertz CT molecular complexity index is 376. The van der Waals surface area contributed by atoms with Crippen LogP contribution >= 0.6 is 12.4 Å². The van der Waals surface area contributed by atoms with E-state index in [1.165, 1.54) is 12.8 Å². The lowest BCUT2D eigenvalue weighted by Gasteiger charge is -2.36. The number of amides is 1. The minimum absolute atomic E-state index is 0. The van der Waals surface area contributed by atoms with Gasteiger partial charge in [0, 0.05) is 12.1 Å². The summed E-state index contributed by atoms with van der Waals surface area (Å²) in [5.74, 6) is -0.714. The van der Waals surface area contributed by atoms with Crippen LogP contribution in [0, 0.1) is 5.92 Å². The minimum Gasteiger partial charge on any atom is -0.481 e. The van der Waals surface area contributed by atoms with Crippen molar-refractivity contribution in [3.8, 4) is 0 Å². The lowest BCUT2D eigenvalue weighted by molar-refractivity contribution is -0.143. The molecular formula is C16H29ClN2O3. The second-order valence-corrected chi connectivity index (χ2v) is 6.72. The number of carboxylic acids is 1. The summed E-state index contributed by atoms with van der Waals surface area (Å²) in [7, 11) is 0. The maximum atomic E-state index is 12.6. The SMILES string of the molecule is CC(C)N(C(=O)CN1CCC(C(=O)O)CC1)C1CCCC1.Cl. The van der Waals surface area contributed by atoms with E-state index in [4.69, 9.17) is 5.11 Å². The summed E-state index contributed by atoms with van der Waals surface area (Å²) >= 11 is 0. The molecule has 22 heavy (non-hydrogen) atoms. The van der Waals surface area contributed by atoms with E-state index < -0.39 is 5.97 Å². The number of carbonyl (C=O) groups excluding carboxylic acids is 1. The Balaban J connectivity index is 0.00000242. The third kappa shape index (κ3) is 4.85. The molecule has 1 heterocycles. The second kappa shape index (κ2) is 8.73. The van der Waals surface area contributed by atoms with Crippen molar-refractivity contribution >= 4 is 24.3 Å². The van der Waals surface area contributed by atoms with Crippen LogP contribution in [0.25, 0.3) is 0 Å². The molecule has 5 nitrogen and oxygen atoms in total. The zero-order valence-corrected chi connectivity index (χ0v) is 14.5. The normalized spacial score (nSPS) is 20.9. The monoisotopic (exact) mass is 332 g/mol. The van der Waals surface area contributed by atoms with Crippen LogP contribution in [0.2, 0.25) is 0 Å². The maximum absolute atomic E-state index is 12.6. The van der Waals surface area contributed by atoms with Crippen molar-refractivity contribution in [1.82, 2.24) is 9.80 Å². The largest absolute Gasteiger partial charge is 0.481 e. The molecule has 0 unspecified atom stereocenters. The topological polar surface area (TPSA) is 60.9 Å². The molecule has 1 amide bonds. The molecule has 1 saturated heterocycles. The Morgan fingerprint density at radius 3 is 2.14 bits per heavy atom. The quantitative estimate of drug-likeness (QED) is 0.839. The van der Waals surface area contributed by atoms with Crippen LogP contribution in [-0.4, -0.2) is 58.5 Å². The molecule has 128 valence electrons. The predicted molar refractivity (Wildman–Crippen MR) is 88.3 cm³/mol. The Labute approximate surface area is 139 Å². The highest BCUT2D eigenvalue weighted by Crippen LogP contribution is 2.26. The number of rotatable bonds is 5. The Morgan fingerprint density at radius 2 is 1.68 bits per heavy atom. The average Bonchev–Trinajstić information content (AvgIpc) is 2.92. The highest BCUT2D eigenvalue weighted by molar-refractivity contribution is 5.85. The van der Waals surface area contributed by atoms with Gasteiger partial charge >= 0.3 is 5.97 Å². The third-order valence-electron chi connectivity index (χ3n) is 4.86. The highest BCUT2D eigenvalue weighted by atomic mass is 35.5. The first-order valence-electron chi connectivity index (χ1n) is 8.25. The van der Waals surface area contributed by atoms with Gasteiger partial charge in [0.25, 0.3) is 0 Å². The summed E-state index contributed by atoms with van der Waals surface area (Å²) in [6.07, 6.45) is 6.04. The van der Waals surface area contributed by atoms with E-state index in [1.54, 1.807) is 0 Å². The summed E-state index contributed by atoms with van der Waals surface area (Å²) in [5, 5.41) is 9.02. The molecule has 1 aliphatic carbocycles. The van der Waals surface area contributed by atoms with Gasteiger partial charge < -0.3 is 10.0 Å². The van der Waals surface area contributed by atoms with Gasteiger partial charge in [-0.25, -0.2) is 0 Å². The average molecular weight is 333 g/mol. The predicted octanol–water partition coefficient (Wildman–Crippen LogP) is 2.38. The Hall–Kier alpha value is -0.810. The first-order valence-corrected chi connectivity index (χ1v) is 8.25. The second-order valence-electron chi connectivity index (χ2n) is 6.72. The number of hydrogen-bond donors (Lipinski definition) is 1. The lowest BCUT2D eigenvalue weighted by Crippen LogP contribution is -2.49. The Morgan fingerprint density at radius 1 is 1.14 bits per heavy atom. The van der Waals surface area contributed by atoms with Gasteiger partial charge in [-0.3, -0.25) is 14.5 Å². The summed E-state index contributed by atoms with van der Waals surface area (Å²) in [6, 6.07) is 0.659. The molecule has 1 saturated carbocycles. The number of likely N-dealkylation sites (tertiary alicyclic amines) is 1. The van der Waals surface area contributed by atoms with Crippen molar-refractivity contribution in [2.75, 3.05) is 19.6 Å². The van der Waals surface area contributed by atoms with Gasteiger partial charge in [0.1, 0.15) is 0 Å². The van der Waals surface area contributed by atoms with E-state index in [-0.39, 0.29) is 30.3 Å². The van der Waals surface area contributed by atoms with E-state index in [0.717, 1.165) is 25.9 Å². The molecule has 2 aliphatic rings. The summed E-state index contributed by atoms with van der Waals surface area (Å²) < 4.78 is 0. The summed E-state index contributed by atoms with van der Waals surface area (Å²) in [5.41, 5.74) is 0. The van der Waals surface area contributed by atoms with Crippen molar-refractivity contribution < 1.29 is 14.7 Å². The molecule has 1 N–H and O–H groups in total. The van der Waals surface area contributed by atoms with Gasteiger partial charge in [-0.15, -0.1) is 12.4 Å². The molecule has 6 heteroatoms. The molecular weight excluding hydrogens is 304 g/mol. The van der Waals surface area contributed by atoms with Crippen LogP contribution in [-0.2, 0) is 9.59 Å². The van der Waals surface area contributed by atoms with Crippen LogP contribution in [0.5, 0.6) is 0 Å². The number of nitrogens with zero attached hydrogens (tertiary/aromatic N) is 2. The summed E-state index contributed by atoms with van der Waals surface area (Å²) in [4.78, 5) is 27.8. The molecule has 1 aliphatic heterocycles. The van der Waals surface area contributed by atoms with E-state index in [1.807, 2.05) is 0 Å². The fourth-order valence-electron chi connectivity index (χ4n) is 3.71. The molecule has 0 spiro atoms. The standard InChI is InChI=1S/C16H28N2O3.ClH/c1-12(2)18(14-5-3-4-6-14)15(19)11-17-9-7-13(8-10-17)16(20)21;/h12-14H,3-11H2,1-2H3,(H,20,21);1H. The van der Waals surface area contributed by atoms with Gasteiger partial charge in [-0.2, -0.15) is 0 Å². The fourth-order valence-corrected chi connectivity index (χ4v) is 3.71. The van der Waals surface area contributed by atoms with Crippen LogP contribution in [0.4, 0.5) is 0 Å². The van der Waals surface area contributed by atoms with Gasteiger partial charge in [0.15, 0.2) is 0 Å². The lowest BCUT2D eigenvalue weighted by atomic mass is 9.97. The van der Waals surface area contributed by atoms with Crippen molar-refractivity contribution in [2.24, 2.45) is 5.92 Å². The fraction of sp³-hybridized carbons (Fsp3) is 0.875. The molecule has 2 rings (SSSR count). The maximum Gasteiger partial charge on any atom is 0.306 e. The molecule has 0 atom stereocenters. The van der Waals surface area contributed by atoms with Crippen molar-refractivity contribution in [1.29, 1.82) is 0 Å². The summed E-state index contributed by atoms with van der Waals surface area (Å²) in [6.45, 7) is 6.07. The number of carbonyl (C=O) groups is 2. The van der Waals surface area contributed by atoms with Gasteiger partial charge in [-0.1, -0.05) is 12.8 Å². The molecule has 0 aromatic heterocycles. The molecule has 0 aromatic rings. The first-order chi connectivity index (χ1) is 9.99. The number of aliphatic carboxylic acids is 1. The zero-order chi connectivity index (χ0) is 15.4. The van der Waals surface area contributed by atoms with Crippen molar-refractivity contribution in [2.45, 2.75) is 64.5 Å². The Kier molecular flexibility index (Phi) is 7.63. The van der Waals surface area contributed by atoms with Crippen LogP contribution in [0.15, 0.2) is 0 Å². The number of piperidine rings is 1. The van der Waals surface area contributed by atoms with E-state index in [2.05, 4.69) is 23.6 Å². The minimum atomic E-state index is -0.698. The van der Waals surface area contributed by atoms with Crippen molar-refractivity contribution in [3.63, 3.8) is 0 Å². The van der Waals surface area contributed by atoms with Crippen LogP contribution in [0.1, 0.15) is 52.4 Å². The van der Waals surface area contributed by atoms with Crippen molar-refractivity contribution in [3.05, 3.63) is 0 Å². The number of halogens is 1. The number of hydrogen-bond acceptors (Lipinski definition) is 3. The van der Waals surface area contributed by atoms with Crippen LogP contribution < -0.4 is 0 Å². The molecule has 0 aromatic carbocycles. The first kappa shape index (κ1) is 19.2. The van der Waals surface area contributed by atoms with Gasteiger partial charge in [0.2, 0.25) is 5.91 Å². The molecule has 0 radical (unpaired) electrons. The number of carboxylic acid groups (broad SMARTS) is 1. The van der Waals surface area contributed by atoms with Gasteiger partial charge in [0.05, 0.1) is 12.5 Å². The molecule has 2 fully saturated rings. The van der Waals surface area contributed by atoms with E-state index in [0.29, 0.717) is 25.4 Å². The zero-order valence-electron chi connectivity index (χ0n) is 13.7. The van der Waals surface area contributed by atoms with Crippen LogP contribution in [0.3, 0.4) is 0 Å². The van der Waals surface area contributed by atoms with Gasteiger partial charge in [-0.05, 0) is 52.6 Å². The smallest absolute Gasteiger partial charge is 0.306 e.